The molecule has 8 heteroatoms. The zero-order valence-corrected chi connectivity index (χ0v) is 20.2. The highest BCUT2D eigenvalue weighted by Gasteiger charge is 2.33. The van der Waals surface area contributed by atoms with Crippen LogP contribution in [-0.2, 0) is 4.79 Å². The molecule has 1 amide bonds. The summed E-state index contributed by atoms with van der Waals surface area (Å²) in [4.78, 5) is 15.1. The van der Waals surface area contributed by atoms with E-state index in [0.29, 0.717) is 32.1 Å². The summed E-state index contributed by atoms with van der Waals surface area (Å²) in [6, 6.07) is 8.68. The van der Waals surface area contributed by atoms with Crippen LogP contribution >= 0.6 is 34.8 Å². The van der Waals surface area contributed by atoms with Crippen molar-refractivity contribution in [2.75, 3.05) is 24.3 Å². The molecule has 0 heterocycles. The Bertz CT molecular complexity index is 932. The van der Waals surface area contributed by atoms with E-state index in [1.807, 2.05) is 58.0 Å². The van der Waals surface area contributed by atoms with Gasteiger partial charge in [-0.25, -0.2) is 0 Å². The molecule has 0 spiro atoms. The van der Waals surface area contributed by atoms with Gasteiger partial charge in [0.05, 0.1) is 20.8 Å². The summed E-state index contributed by atoms with van der Waals surface area (Å²) in [5.41, 5.74) is 2.02. The van der Waals surface area contributed by atoms with Crippen molar-refractivity contribution in [1.82, 2.24) is 0 Å². The lowest BCUT2D eigenvalue weighted by molar-refractivity contribution is -0.126. The highest BCUT2D eigenvalue weighted by Crippen LogP contribution is 2.38. The predicted molar refractivity (Wildman–Crippen MR) is 128 cm³/mol. The second-order valence-electron chi connectivity index (χ2n) is 7.31. The van der Waals surface area contributed by atoms with Crippen LogP contribution in [0.5, 0.6) is 0 Å². The van der Waals surface area contributed by atoms with E-state index in [-0.39, 0.29) is 5.91 Å². The van der Waals surface area contributed by atoms with Gasteiger partial charge in [0.15, 0.2) is 0 Å². The van der Waals surface area contributed by atoms with Gasteiger partial charge >= 0.3 is 0 Å². The summed E-state index contributed by atoms with van der Waals surface area (Å²) in [5.74, 6) is -0.0186. The average Bonchev–Trinajstić information content (AvgIpc) is 2.72. The Morgan fingerprint density at radius 3 is 2.03 bits per heavy atom. The smallest absolute Gasteiger partial charge is 0.230 e. The Morgan fingerprint density at radius 2 is 1.47 bits per heavy atom. The van der Waals surface area contributed by atoms with Gasteiger partial charge in [-0.3, -0.25) is 4.79 Å². The monoisotopic (exact) mass is 468 g/mol. The van der Waals surface area contributed by atoms with Gasteiger partial charge in [-0.05, 0) is 49.6 Å². The zero-order chi connectivity index (χ0) is 22.5. The van der Waals surface area contributed by atoms with E-state index in [1.54, 1.807) is 6.07 Å². The third-order valence-corrected chi connectivity index (χ3v) is 6.54. The molecular formula is C22H27Cl3N4O. The van der Waals surface area contributed by atoms with Crippen LogP contribution < -0.4 is 10.2 Å². The largest absolute Gasteiger partial charge is 0.378 e. The molecular weight excluding hydrogens is 443 g/mol. The quantitative estimate of drug-likeness (QED) is 0.312. The standard InChI is InChI=1S/C22H27Cl3N4O/c1-6-22(7-2,8-3)21(30)26-20-11-14(29(4)5)9-10-18(20)27-28-19-13-16(24)15(23)12-17(19)25/h9-13H,6-8H2,1-5H3,(H,26,30). The van der Waals surface area contributed by atoms with Crippen molar-refractivity contribution >= 4 is 63.5 Å². The normalized spacial score (nSPS) is 11.7. The lowest BCUT2D eigenvalue weighted by Gasteiger charge is -2.29. The number of nitrogens with zero attached hydrogens (tertiary/aromatic N) is 3. The summed E-state index contributed by atoms with van der Waals surface area (Å²) in [6.45, 7) is 6.11. The molecule has 0 fully saturated rings. The minimum absolute atomic E-state index is 0.0186. The highest BCUT2D eigenvalue weighted by molar-refractivity contribution is 6.43. The second kappa shape index (κ2) is 10.5. The number of rotatable bonds is 8. The molecule has 0 aliphatic heterocycles. The maximum Gasteiger partial charge on any atom is 0.230 e. The minimum Gasteiger partial charge on any atom is -0.378 e. The van der Waals surface area contributed by atoms with Gasteiger partial charge < -0.3 is 10.2 Å². The Morgan fingerprint density at radius 1 is 0.900 bits per heavy atom. The predicted octanol–water partition coefficient (Wildman–Crippen LogP) is 8.28. The second-order valence-corrected chi connectivity index (χ2v) is 8.53. The van der Waals surface area contributed by atoms with Crippen LogP contribution in [0.1, 0.15) is 40.0 Å². The molecule has 0 saturated carbocycles. The van der Waals surface area contributed by atoms with Gasteiger partial charge in [-0.2, -0.15) is 0 Å². The third kappa shape index (κ3) is 5.45. The lowest BCUT2D eigenvalue weighted by Crippen LogP contribution is -2.34. The number of hydrogen-bond donors (Lipinski definition) is 1. The number of azo groups is 1. The molecule has 0 aromatic heterocycles. The van der Waals surface area contributed by atoms with E-state index in [9.17, 15) is 4.79 Å². The van der Waals surface area contributed by atoms with E-state index in [0.717, 1.165) is 24.9 Å². The molecule has 2 aromatic carbocycles. The number of hydrogen-bond acceptors (Lipinski definition) is 4. The number of carbonyl (C=O) groups is 1. The van der Waals surface area contributed by atoms with Gasteiger partial charge in [0.25, 0.3) is 0 Å². The molecule has 2 rings (SSSR count). The summed E-state index contributed by atoms with van der Waals surface area (Å²) in [6.07, 6.45) is 2.28. The SMILES string of the molecule is CCC(CC)(CC)C(=O)Nc1cc(N(C)C)ccc1N=Nc1cc(Cl)c(Cl)cc1Cl. The molecule has 0 unspecified atom stereocenters. The number of anilines is 2. The van der Waals surface area contributed by atoms with Crippen LogP contribution in [0, 0.1) is 5.41 Å². The molecule has 5 nitrogen and oxygen atoms in total. The highest BCUT2D eigenvalue weighted by atomic mass is 35.5. The molecule has 30 heavy (non-hydrogen) atoms. The van der Waals surface area contributed by atoms with E-state index in [4.69, 9.17) is 34.8 Å². The maximum atomic E-state index is 13.1. The fourth-order valence-electron chi connectivity index (χ4n) is 3.17. The van der Waals surface area contributed by atoms with Crippen LogP contribution in [0.4, 0.5) is 22.7 Å². The Labute approximate surface area is 193 Å². The summed E-state index contributed by atoms with van der Waals surface area (Å²) >= 11 is 18.2. The van der Waals surface area contributed by atoms with E-state index < -0.39 is 5.41 Å². The van der Waals surface area contributed by atoms with Crippen molar-refractivity contribution in [2.45, 2.75) is 40.0 Å². The van der Waals surface area contributed by atoms with Crippen molar-refractivity contribution < 1.29 is 4.79 Å². The van der Waals surface area contributed by atoms with Crippen LogP contribution in [0.2, 0.25) is 15.1 Å². The first-order valence-electron chi connectivity index (χ1n) is 9.86. The van der Waals surface area contributed by atoms with E-state index in [1.165, 1.54) is 6.07 Å². The summed E-state index contributed by atoms with van der Waals surface area (Å²) in [7, 11) is 3.87. The molecule has 162 valence electrons. The molecule has 0 aliphatic rings. The van der Waals surface area contributed by atoms with Crippen LogP contribution in [0.15, 0.2) is 40.6 Å². The first kappa shape index (κ1) is 24.4. The number of halogens is 3. The topological polar surface area (TPSA) is 57.1 Å². The van der Waals surface area contributed by atoms with Gasteiger partial charge in [0, 0.05) is 25.2 Å². The van der Waals surface area contributed by atoms with Crippen molar-refractivity contribution in [3.63, 3.8) is 0 Å². The lowest BCUT2D eigenvalue weighted by atomic mass is 9.79. The van der Waals surface area contributed by atoms with Crippen molar-refractivity contribution in [3.8, 4) is 0 Å². The third-order valence-electron chi connectivity index (χ3n) is 5.51. The van der Waals surface area contributed by atoms with Crippen molar-refractivity contribution in [3.05, 3.63) is 45.4 Å². The van der Waals surface area contributed by atoms with Gasteiger partial charge in [-0.1, -0.05) is 55.6 Å². The number of carbonyl (C=O) groups excluding carboxylic acids is 1. The number of amides is 1. The van der Waals surface area contributed by atoms with Crippen molar-refractivity contribution in [1.29, 1.82) is 0 Å². The summed E-state index contributed by atoms with van der Waals surface area (Å²) < 4.78 is 0. The molecule has 1 N–H and O–H groups in total. The number of benzene rings is 2. The Balaban J connectivity index is 2.46. The maximum absolute atomic E-state index is 13.1. The number of nitrogens with one attached hydrogen (secondary N) is 1. The first-order valence-corrected chi connectivity index (χ1v) is 11.0. The van der Waals surface area contributed by atoms with E-state index >= 15 is 0 Å². The summed E-state index contributed by atoms with van der Waals surface area (Å²) in [5, 5.41) is 12.6. The Hall–Kier alpha value is -1.82. The van der Waals surface area contributed by atoms with Gasteiger partial charge in [0.2, 0.25) is 5.91 Å². The molecule has 0 atom stereocenters. The first-order chi connectivity index (χ1) is 14.2. The fourth-order valence-corrected chi connectivity index (χ4v) is 3.75. The minimum atomic E-state index is -0.421. The molecule has 0 radical (unpaired) electrons. The van der Waals surface area contributed by atoms with Gasteiger partial charge in [0.1, 0.15) is 11.4 Å². The fraction of sp³-hybridized carbons (Fsp3) is 0.409. The molecule has 0 bridgehead atoms. The van der Waals surface area contributed by atoms with Crippen molar-refractivity contribution in [2.24, 2.45) is 15.6 Å². The zero-order valence-electron chi connectivity index (χ0n) is 17.9. The Kier molecular flexibility index (Phi) is 8.53. The molecule has 2 aromatic rings. The molecule has 0 aliphatic carbocycles. The van der Waals surface area contributed by atoms with E-state index in [2.05, 4.69) is 15.5 Å². The van der Waals surface area contributed by atoms with Crippen LogP contribution in [-0.4, -0.2) is 20.0 Å². The average molecular weight is 470 g/mol. The van der Waals surface area contributed by atoms with Crippen LogP contribution in [0.3, 0.4) is 0 Å². The van der Waals surface area contributed by atoms with Crippen LogP contribution in [0.25, 0.3) is 0 Å². The van der Waals surface area contributed by atoms with Gasteiger partial charge in [-0.15, -0.1) is 10.2 Å². The molecule has 0 saturated heterocycles.